The van der Waals surface area contributed by atoms with Crippen molar-refractivity contribution >= 4 is 34.2 Å². The van der Waals surface area contributed by atoms with Crippen LogP contribution in [0.25, 0.3) is 5.69 Å². The van der Waals surface area contributed by atoms with Crippen LogP contribution in [0.2, 0.25) is 0 Å². The lowest BCUT2D eigenvalue weighted by atomic mass is 10.1. The number of benzene rings is 1. The first-order chi connectivity index (χ1) is 15.1. The molecule has 2 heterocycles. The first-order valence-electron chi connectivity index (χ1n) is 9.69. The molecule has 160 valence electrons. The van der Waals surface area contributed by atoms with Crippen LogP contribution < -0.4 is 5.32 Å². The van der Waals surface area contributed by atoms with Gasteiger partial charge in [-0.2, -0.15) is 0 Å². The molecule has 11 heteroatoms. The summed E-state index contributed by atoms with van der Waals surface area (Å²) in [7, 11) is 0. The number of nitrogens with one attached hydrogen (secondary N) is 1. The Bertz CT molecular complexity index is 1130. The average molecular weight is 441 g/mol. The number of rotatable bonds is 7. The van der Waals surface area contributed by atoms with Gasteiger partial charge in [-0.15, -0.1) is 16.4 Å². The van der Waals surface area contributed by atoms with Gasteiger partial charge in [0, 0.05) is 4.88 Å². The van der Waals surface area contributed by atoms with E-state index in [4.69, 9.17) is 9.47 Å². The van der Waals surface area contributed by atoms with Crippen molar-refractivity contribution in [3.05, 3.63) is 52.2 Å². The number of esters is 2. The summed E-state index contributed by atoms with van der Waals surface area (Å²) in [5.74, 6) is -1.64. The number of hydrogen-bond donors (Lipinski definition) is 1. The first kappa shape index (κ1) is 20.7. The molecular formula is C20H19N5O5S. The van der Waals surface area contributed by atoms with Gasteiger partial charge in [-0.1, -0.05) is 6.07 Å². The lowest BCUT2D eigenvalue weighted by molar-refractivity contribution is -0.119. The minimum absolute atomic E-state index is 0.248. The Balaban J connectivity index is 1.41. The summed E-state index contributed by atoms with van der Waals surface area (Å²) >= 11 is 1.37. The van der Waals surface area contributed by atoms with E-state index >= 15 is 0 Å². The van der Waals surface area contributed by atoms with Crippen LogP contribution >= 0.6 is 11.3 Å². The lowest BCUT2D eigenvalue weighted by Gasteiger charge is -2.09. The predicted octanol–water partition coefficient (Wildman–Crippen LogP) is 2.18. The first-order valence-corrected chi connectivity index (χ1v) is 10.5. The van der Waals surface area contributed by atoms with E-state index in [1.165, 1.54) is 22.3 Å². The maximum Gasteiger partial charge on any atom is 0.341 e. The topological polar surface area (TPSA) is 125 Å². The fourth-order valence-corrected chi connectivity index (χ4v) is 4.64. The van der Waals surface area contributed by atoms with E-state index in [2.05, 4.69) is 20.8 Å². The molecule has 0 unspecified atom stereocenters. The molecule has 10 nitrogen and oxygen atoms in total. The Morgan fingerprint density at radius 1 is 1.19 bits per heavy atom. The molecule has 0 atom stereocenters. The maximum absolute atomic E-state index is 12.4. The number of aryl methyl sites for hydroxylation is 1. The van der Waals surface area contributed by atoms with Crippen LogP contribution in [-0.4, -0.2) is 51.3 Å². The van der Waals surface area contributed by atoms with Crippen LogP contribution in [-0.2, 0) is 27.1 Å². The number of hydrogen-bond acceptors (Lipinski definition) is 9. The van der Waals surface area contributed by atoms with E-state index in [1.807, 2.05) is 0 Å². The van der Waals surface area contributed by atoms with Crippen molar-refractivity contribution in [1.29, 1.82) is 0 Å². The quantitative estimate of drug-likeness (QED) is 0.553. The zero-order valence-corrected chi connectivity index (χ0v) is 17.5. The molecule has 1 aliphatic rings. The number of amides is 1. The second-order valence-electron chi connectivity index (χ2n) is 6.71. The van der Waals surface area contributed by atoms with Crippen molar-refractivity contribution in [2.75, 3.05) is 18.5 Å². The second-order valence-corrected chi connectivity index (χ2v) is 7.82. The van der Waals surface area contributed by atoms with Gasteiger partial charge in [-0.3, -0.25) is 4.79 Å². The predicted molar refractivity (Wildman–Crippen MR) is 110 cm³/mol. The summed E-state index contributed by atoms with van der Waals surface area (Å²) in [6.45, 7) is 1.49. The van der Waals surface area contributed by atoms with Gasteiger partial charge in [0.2, 0.25) is 0 Å². The van der Waals surface area contributed by atoms with Crippen LogP contribution in [0.15, 0.2) is 30.6 Å². The maximum atomic E-state index is 12.4. The summed E-state index contributed by atoms with van der Waals surface area (Å²) in [4.78, 5) is 38.2. The fourth-order valence-electron chi connectivity index (χ4n) is 3.34. The Morgan fingerprint density at radius 2 is 2.06 bits per heavy atom. The van der Waals surface area contributed by atoms with E-state index in [-0.39, 0.29) is 12.2 Å². The van der Waals surface area contributed by atoms with E-state index < -0.39 is 24.5 Å². The Kier molecular flexibility index (Phi) is 6.03. The van der Waals surface area contributed by atoms with Gasteiger partial charge in [0.25, 0.3) is 5.91 Å². The molecule has 0 saturated heterocycles. The van der Waals surface area contributed by atoms with Crippen molar-refractivity contribution in [1.82, 2.24) is 20.2 Å². The van der Waals surface area contributed by atoms with Crippen LogP contribution in [0, 0.1) is 0 Å². The average Bonchev–Trinajstić information content (AvgIpc) is 3.50. The molecule has 1 N–H and O–H groups in total. The molecule has 0 bridgehead atoms. The zero-order valence-electron chi connectivity index (χ0n) is 16.7. The highest BCUT2D eigenvalue weighted by Crippen LogP contribution is 2.39. The standard InChI is InChI=1S/C20H19N5O5S/c1-2-29-20(28)17-14-7-4-8-15(14)31-18(17)22-16(26)10-30-19(27)12-5-3-6-13(9-12)25-11-21-23-24-25/h3,5-6,9,11H,2,4,7-8,10H2,1H3,(H,22,26). The van der Waals surface area contributed by atoms with E-state index in [0.717, 1.165) is 29.7 Å². The molecule has 0 aliphatic heterocycles. The van der Waals surface area contributed by atoms with E-state index in [1.54, 1.807) is 31.2 Å². The van der Waals surface area contributed by atoms with Crippen LogP contribution in [0.3, 0.4) is 0 Å². The molecule has 4 rings (SSSR count). The van der Waals surface area contributed by atoms with Gasteiger partial charge in [0.1, 0.15) is 11.3 Å². The van der Waals surface area contributed by atoms with Gasteiger partial charge in [-0.05, 0) is 60.4 Å². The Morgan fingerprint density at radius 3 is 2.84 bits per heavy atom. The number of thiophene rings is 1. The third-order valence-corrected chi connectivity index (χ3v) is 5.89. The molecule has 3 aromatic rings. The highest BCUT2D eigenvalue weighted by atomic mass is 32.1. The third-order valence-electron chi connectivity index (χ3n) is 4.68. The van der Waals surface area contributed by atoms with Gasteiger partial charge in [0.05, 0.1) is 23.4 Å². The summed E-state index contributed by atoms with van der Waals surface area (Å²) < 4.78 is 11.7. The smallest absolute Gasteiger partial charge is 0.341 e. The van der Waals surface area contributed by atoms with Gasteiger partial charge >= 0.3 is 11.9 Å². The minimum Gasteiger partial charge on any atom is -0.462 e. The lowest BCUT2D eigenvalue weighted by Crippen LogP contribution is -2.22. The highest BCUT2D eigenvalue weighted by Gasteiger charge is 2.28. The number of aromatic nitrogens is 4. The molecule has 0 fully saturated rings. The molecule has 1 aliphatic carbocycles. The molecular weight excluding hydrogens is 422 g/mol. The van der Waals surface area contributed by atoms with Crippen molar-refractivity contribution in [2.45, 2.75) is 26.2 Å². The fraction of sp³-hybridized carbons (Fsp3) is 0.300. The SMILES string of the molecule is CCOC(=O)c1c(NC(=O)COC(=O)c2cccc(-n3cnnn3)c2)sc2c1CCC2. The largest absolute Gasteiger partial charge is 0.462 e. The van der Waals surface area contributed by atoms with Crippen molar-refractivity contribution in [3.8, 4) is 5.69 Å². The monoisotopic (exact) mass is 441 g/mol. The number of fused-ring (bicyclic) bond motifs is 1. The summed E-state index contributed by atoms with van der Waals surface area (Å²) in [5.41, 5.74) is 2.18. The third kappa shape index (κ3) is 4.45. The molecule has 31 heavy (non-hydrogen) atoms. The van der Waals surface area contributed by atoms with Gasteiger partial charge in [0.15, 0.2) is 6.61 Å². The molecule has 1 aromatic carbocycles. The second kappa shape index (κ2) is 9.04. The number of nitrogens with zero attached hydrogens (tertiary/aromatic N) is 4. The molecule has 0 spiro atoms. The molecule has 0 radical (unpaired) electrons. The molecule has 0 saturated carbocycles. The molecule has 2 aromatic heterocycles. The Hall–Kier alpha value is -3.60. The van der Waals surface area contributed by atoms with Crippen LogP contribution in [0.5, 0.6) is 0 Å². The normalized spacial score (nSPS) is 12.3. The summed E-state index contributed by atoms with van der Waals surface area (Å²) in [5, 5.41) is 14.0. The number of anilines is 1. The minimum atomic E-state index is -0.663. The Labute approximate surface area is 181 Å². The highest BCUT2D eigenvalue weighted by molar-refractivity contribution is 7.17. The zero-order chi connectivity index (χ0) is 21.8. The van der Waals surface area contributed by atoms with Gasteiger partial charge < -0.3 is 14.8 Å². The number of ether oxygens (including phenoxy) is 2. The number of carbonyl (C=O) groups is 3. The number of tetrazole rings is 1. The summed E-state index contributed by atoms with van der Waals surface area (Å²) in [6.07, 6.45) is 4.03. The van der Waals surface area contributed by atoms with Crippen molar-refractivity contribution in [3.63, 3.8) is 0 Å². The van der Waals surface area contributed by atoms with Crippen LogP contribution in [0.1, 0.15) is 44.5 Å². The van der Waals surface area contributed by atoms with Crippen molar-refractivity contribution < 1.29 is 23.9 Å². The summed E-state index contributed by atoms with van der Waals surface area (Å²) in [6, 6.07) is 6.51. The van der Waals surface area contributed by atoms with E-state index in [0.29, 0.717) is 16.3 Å². The van der Waals surface area contributed by atoms with Crippen LogP contribution in [0.4, 0.5) is 5.00 Å². The number of carbonyl (C=O) groups excluding carboxylic acids is 3. The molecule has 1 amide bonds. The van der Waals surface area contributed by atoms with Gasteiger partial charge in [-0.25, -0.2) is 14.3 Å². The van der Waals surface area contributed by atoms with E-state index in [9.17, 15) is 14.4 Å². The van der Waals surface area contributed by atoms with Crippen molar-refractivity contribution in [2.24, 2.45) is 0 Å².